The van der Waals surface area contributed by atoms with Gasteiger partial charge in [-0.2, -0.15) is 0 Å². The minimum Gasteiger partial charge on any atom is -0.478 e. The van der Waals surface area contributed by atoms with Gasteiger partial charge in [-0.05, 0) is 38.8 Å². The molecule has 0 bridgehead atoms. The summed E-state index contributed by atoms with van der Waals surface area (Å²) >= 11 is 0. The molecule has 0 aliphatic rings. The molecule has 1 rings (SSSR count). The molecule has 144 valence electrons. The zero-order valence-electron chi connectivity index (χ0n) is 15.3. The van der Waals surface area contributed by atoms with Gasteiger partial charge in [0.2, 0.25) is 5.88 Å². The normalized spacial score (nSPS) is 12.9. The first-order valence-electron chi connectivity index (χ1n) is 8.14. The summed E-state index contributed by atoms with van der Waals surface area (Å²) in [4.78, 5) is 8.66. The van der Waals surface area contributed by atoms with Gasteiger partial charge in [-0.15, -0.1) is 24.0 Å². The third kappa shape index (κ3) is 11.2. The molecular weight excluding hydrogens is 455 g/mol. The average molecular weight is 484 g/mol. The maximum absolute atomic E-state index is 11.3. The van der Waals surface area contributed by atoms with E-state index in [0.29, 0.717) is 31.4 Å². The van der Waals surface area contributed by atoms with Crippen LogP contribution in [0.5, 0.6) is 5.88 Å². The maximum atomic E-state index is 11.3. The monoisotopic (exact) mass is 484 g/mol. The highest BCUT2D eigenvalue weighted by molar-refractivity contribution is 14.0. The van der Waals surface area contributed by atoms with E-state index in [1.807, 2.05) is 32.9 Å². The summed E-state index contributed by atoms with van der Waals surface area (Å²) < 4.78 is 27.9. The van der Waals surface area contributed by atoms with Crippen molar-refractivity contribution >= 4 is 39.8 Å². The summed E-state index contributed by atoms with van der Waals surface area (Å²) in [6.07, 6.45) is 3.48. The number of hydrogen-bond donors (Lipinski definition) is 2. The standard InChI is InChI=1S/C16H28N4O3S.HI/c1-5-17-16(20-13(3)8-10-24(4,21)22)19-12-14-7-9-18-15(11-14)23-6-2;/h7,9,11,13H,5-6,8,10,12H2,1-4H3,(H2,17,19,20);1H. The molecule has 0 aromatic carbocycles. The van der Waals surface area contributed by atoms with E-state index in [4.69, 9.17) is 4.74 Å². The van der Waals surface area contributed by atoms with Crippen molar-refractivity contribution in [2.45, 2.75) is 39.8 Å². The number of hydrogen-bond acceptors (Lipinski definition) is 5. The molecule has 1 unspecified atom stereocenters. The lowest BCUT2D eigenvalue weighted by Gasteiger charge is -2.17. The zero-order valence-corrected chi connectivity index (χ0v) is 18.4. The lowest BCUT2D eigenvalue weighted by Crippen LogP contribution is -2.42. The second-order valence-corrected chi connectivity index (χ2v) is 7.85. The van der Waals surface area contributed by atoms with Crippen molar-refractivity contribution in [2.75, 3.05) is 25.2 Å². The van der Waals surface area contributed by atoms with Crippen molar-refractivity contribution in [3.63, 3.8) is 0 Å². The van der Waals surface area contributed by atoms with Crippen molar-refractivity contribution in [1.29, 1.82) is 0 Å². The number of nitrogens with zero attached hydrogens (tertiary/aromatic N) is 2. The van der Waals surface area contributed by atoms with Gasteiger partial charge in [-0.3, -0.25) is 0 Å². The number of pyridine rings is 1. The van der Waals surface area contributed by atoms with Gasteiger partial charge >= 0.3 is 0 Å². The van der Waals surface area contributed by atoms with Crippen LogP contribution in [0.4, 0.5) is 0 Å². The largest absolute Gasteiger partial charge is 0.478 e. The molecule has 7 nitrogen and oxygen atoms in total. The number of ether oxygens (including phenoxy) is 1. The van der Waals surface area contributed by atoms with Gasteiger partial charge < -0.3 is 15.4 Å². The number of aromatic nitrogens is 1. The molecule has 2 N–H and O–H groups in total. The Kier molecular flexibility index (Phi) is 11.7. The highest BCUT2D eigenvalue weighted by Gasteiger charge is 2.09. The average Bonchev–Trinajstić information content (AvgIpc) is 2.51. The Balaban J connectivity index is 0.00000576. The smallest absolute Gasteiger partial charge is 0.213 e. The second kappa shape index (κ2) is 12.3. The number of halogens is 1. The number of guanidine groups is 1. The molecule has 1 atom stereocenters. The fraction of sp³-hybridized carbons (Fsp3) is 0.625. The van der Waals surface area contributed by atoms with Crippen LogP contribution < -0.4 is 15.4 Å². The molecule has 1 aromatic heterocycles. The highest BCUT2D eigenvalue weighted by Crippen LogP contribution is 2.10. The molecule has 0 saturated carbocycles. The number of rotatable bonds is 9. The summed E-state index contributed by atoms with van der Waals surface area (Å²) in [5.41, 5.74) is 0.995. The van der Waals surface area contributed by atoms with Crippen molar-refractivity contribution in [1.82, 2.24) is 15.6 Å². The number of sulfone groups is 1. The van der Waals surface area contributed by atoms with Gasteiger partial charge in [0.1, 0.15) is 9.84 Å². The van der Waals surface area contributed by atoms with Gasteiger partial charge in [0.25, 0.3) is 0 Å². The molecule has 0 aliphatic carbocycles. The van der Waals surface area contributed by atoms with Crippen LogP contribution in [0, 0.1) is 0 Å². The number of aliphatic imine (C=N–C) groups is 1. The highest BCUT2D eigenvalue weighted by atomic mass is 127. The Morgan fingerprint density at radius 2 is 2.12 bits per heavy atom. The summed E-state index contributed by atoms with van der Waals surface area (Å²) in [5, 5.41) is 6.39. The first kappa shape index (κ1) is 23.9. The van der Waals surface area contributed by atoms with Crippen molar-refractivity contribution in [3.8, 4) is 5.88 Å². The van der Waals surface area contributed by atoms with Gasteiger partial charge in [0.15, 0.2) is 5.96 Å². The Morgan fingerprint density at radius 1 is 1.40 bits per heavy atom. The Hall–Kier alpha value is -1.10. The van der Waals surface area contributed by atoms with E-state index in [1.54, 1.807) is 6.20 Å². The van der Waals surface area contributed by atoms with Crippen LogP contribution in [-0.4, -0.2) is 50.6 Å². The zero-order chi connectivity index (χ0) is 18.0. The summed E-state index contributed by atoms with van der Waals surface area (Å²) in [5.74, 6) is 1.40. The SMILES string of the molecule is CCNC(=NCc1ccnc(OCC)c1)NC(C)CCS(C)(=O)=O.I. The minimum absolute atomic E-state index is 0. The van der Waals surface area contributed by atoms with E-state index in [1.165, 1.54) is 6.26 Å². The van der Waals surface area contributed by atoms with Crippen LogP contribution in [0.15, 0.2) is 23.3 Å². The molecular formula is C16H29IN4O3S. The summed E-state index contributed by atoms with van der Waals surface area (Å²) in [7, 11) is -2.95. The van der Waals surface area contributed by atoms with E-state index in [-0.39, 0.29) is 35.8 Å². The molecule has 0 radical (unpaired) electrons. The lowest BCUT2D eigenvalue weighted by molar-refractivity contribution is 0.326. The van der Waals surface area contributed by atoms with Crippen molar-refractivity contribution in [2.24, 2.45) is 4.99 Å². The van der Waals surface area contributed by atoms with Gasteiger partial charge in [0, 0.05) is 31.1 Å². The van der Waals surface area contributed by atoms with E-state index in [2.05, 4.69) is 20.6 Å². The molecule has 1 heterocycles. The summed E-state index contributed by atoms with van der Waals surface area (Å²) in [6, 6.07) is 3.76. The molecule has 0 spiro atoms. The molecule has 9 heteroatoms. The summed E-state index contributed by atoms with van der Waals surface area (Å²) in [6.45, 7) is 7.62. The van der Waals surface area contributed by atoms with E-state index in [9.17, 15) is 8.42 Å². The lowest BCUT2D eigenvalue weighted by atomic mass is 10.2. The van der Waals surface area contributed by atoms with Gasteiger partial charge in [-0.1, -0.05) is 0 Å². The van der Waals surface area contributed by atoms with Crippen molar-refractivity contribution < 1.29 is 13.2 Å². The second-order valence-electron chi connectivity index (χ2n) is 5.59. The Bertz CT molecular complexity index is 638. The van der Waals surface area contributed by atoms with Crippen LogP contribution in [0.3, 0.4) is 0 Å². The third-order valence-electron chi connectivity index (χ3n) is 3.16. The molecule has 0 fully saturated rings. The first-order valence-corrected chi connectivity index (χ1v) is 10.2. The maximum Gasteiger partial charge on any atom is 0.213 e. The predicted molar refractivity (Wildman–Crippen MR) is 113 cm³/mol. The third-order valence-corrected chi connectivity index (χ3v) is 4.14. The van der Waals surface area contributed by atoms with E-state index in [0.717, 1.165) is 12.1 Å². The Labute approximate surface area is 168 Å². The van der Waals surface area contributed by atoms with Crippen LogP contribution in [-0.2, 0) is 16.4 Å². The van der Waals surface area contributed by atoms with Crippen molar-refractivity contribution in [3.05, 3.63) is 23.9 Å². The molecule has 1 aromatic rings. The topological polar surface area (TPSA) is 92.7 Å². The molecule has 0 amide bonds. The molecule has 25 heavy (non-hydrogen) atoms. The predicted octanol–water partition coefficient (Wildman–Crippen LogP) is 1.98. The quantitative estimate of drug-likeness (QED) is 0.317. The molecule has 0 saturated heterocycles. The van der Waals surface area contributed by atoms with E-state index >= 15 is 0 Å². The van der Waals surface area contributed by atoms with Crippen LogP contribution in [0.25, 0.3) is 0 Å². The fourth-order valence-corrected chi connectivity index (χ4v) is 2.74. The molecule has 0 aliphatic heterocycles. The minimum atomic E-state index is -2.95. The van der Waals surface area contributed by atoms with Gasteiger partial charge in [-0.25, -0.2) is 18.4 Å². The Morgan fingerprint density at radius 3 is 2.72 bits per heavy atom. The van der Waals surface area contributed by atoms with E-state index < -0.39 is 9.84 Å². The van der Waals surface area contributed by atoms with Crippen LogP contribution in [0.1, 0.15) is 32.8 Å². The fourth-order valence-electron chi connectivity index (χ4n) is 1.96. The van der Waals surface area contributed by atoms with Crippen LogP contribution >= 0.6 is 24.0 Å². The van der Waals surface area contributed by atoms with Gasteiger partial charge in [0.05, 0.1) is 18.9 Å². The first-order chi connectivity index (χ1) is 11.3. The number of nitrogens with one attached hydrogen (secondary N) is 2. The van der Waals surface area contributed by atoms with Crippen LogP contribution in [0.2, 0.25) is 0 Å².